The van der Waals surface area contributed by atoms with Crippen LogP contribution in [0.3, 0.4) is 0 Å². The minimum atomic E-state index is -1.34. The number of rotatable bonds is 9. The summed E-state index contributed by atoms with van der Waals surface area (Å²) in [5, 5.41) is 1.93. The fraction of sp³-hybridized carbons (Fsp3) is 0.450. The third-order valence-electron chi connectivity index (χ3n) is 3.89. The first-order valence-electron chi connectivity index (χ1n) is 9.02. The summed E-state index contributed by atoms with van der Waals surface area (Å²) < 4.78 is 24.8. The normalized spacial score (nSPS) is 21.1. The van der Waals surface area contributed by atoms with Crippen LogP contribution in [0.15, 0.2) is 42.6 Å². The Morgan fingerprint density at radius 3 is 2.68 bits per heavy atom. The minimum Gasteiger partial charge on any atom is -0.374 e. The molecule has 1 aromatic rings. The number of Topliss-reactive ketones (excluding diaryl/α,β-unsaturated/α-hetero) is 1. The van der Waals surface area contributed by atoms with Gasteiger partial charge in [0.05, 0.1) is 13.2 Å². The summed E-state index contributed by atoms with van der Waals surface area (Å²) in [5.74, 6) is -0.950. The molecular formula is C20H27FN2O5. The molecule has 1 fully saturated rings. The van der Waals surface area contributed by atoms with Crippen LogP contribution in [-0.2, 0) is 30.5 Å². The third kappa shape index (κ3) is 6.86. The summed E-state index contributed by atoms with van der Waals surface area (Å²) in [4.78, 5) is 35.0. The van der Waals surface area contributed by atoms with Crippen LogP contribution in [0, 0.1) is 0 Å². The summed E-state index contributed by atoms with van der Waals surface area (Å²) in [6.45, 7) is 3.35. The van der Waals surface area contributed by atoms with E-state index >= 15 is 0 Å². The predicted molar refractivity (Wildman–Crippen MR) is 102 cm³/mol. The molecule has 0 radical (unpaired) electrons. The number of hydrogen-bond acceptors (Lipinski definition) is 6. The van der Waals surface area contributed by atoms with Crippen LogP contribution in [0.1, 0.15) is 25.8 Å². The third-order valence-corrected chi connectivity index (χ3v) is 3.89. The molecule has 2 rings (SSSR count). The molecule has 1 aliphatic rings. The van der Waals surface area contributed by atoms with E-state index in [9.17, 15) is 18.8 Å². The van der Waals surface area contributed by atoms with Gasteiger partial charge in [-0.3, -0.25) is 19.7 Å². The zero-order valence-corrected chi connectivity index (χ0v) is 16.4. The van der Waals surface area contributed by atoms with Gasteiger partial charge in [0.1, 0.15) is 12.3 Å². The van der Waals surface area contributed by atoms with Crippen LogP contribution in [0.2, 0.25) is 0 Å². The van der Waals surface area contributed by atoms with E-state index in [2.05, 4.69) is 0 Å². The van der Waals surface area contributed by atoms with Gasteiger partial charge in [-0.05, 0) is 5.56 Å². The Labute approximate surface area is 164 Å². The number of hydrogen-bond donors (Lipinski definition) is 1. The molecular weight excluding hydrogens is 367 g/mol. The molecule has 7 nitrogen and oxygen atoms in total. The van der Waals surface area contributed by atoms with Crippen LogP contribution >= 0.6 is 0 Å². The number of ether oxygens (including phenoxy) is 2. The standard InChI is InChI=1S/C18H21FN2O5.C2H6/c1-21(8-7-16(24)20-13-22)17-15(23)9-18(11-19,26-17)12-25-10-14-5-3-2-4-6-14;1-2/h2-8,13,17H,9-12H2,1H3,(H,20,22,24);1-2H3/b8-7-;. The highest BCUT2D eigenvalue weighted by molar-refractivity contribution is 5.94. The number of carbonyl (C=O) groups excluding carboxylic acids is 3. The molecule has 0 aliphatic carbocycles. The number of halogens is 1. The molecule has 0 bridgehead atoms. The summed E-state index contributed by atoms with van der Waals surface area (Å²) in [7, 11) is 1.52. The molecule has 0 aromatic heterocycles. The van der Waals surface area contributed by atoms with Crippen molar-refractivity contribution in [3.05, 3.63) is 48.2 Å². The topological polar surface area (TPSA) is 84.9 Å². The van der Waals surface area contributed by atoms with Crippen LogP contribution in [0.4, 0.5) is 4.39 Å². The lowest BCUT2D eigenvalue weighted by Crippen LogP contribution is -2.40. The van der Waals surface area contributed by atoms with Crippen molar-refractivity contribution in [1.29, 1.82) is 0 Å². The fourth-order valence-corrected chi connectivity index (χ4v) is 2.56. The summed E-state index contributed by atoms with van der Waals surface area (Å²) in [6.07, 6.45) is 1.47. The number of imide groups is 1. The molecule has 0 saturated carbocycles. The Morgan fingerprint density at radius 2 is 2.07 bits per heavy atom. The number of benzene rings is 1. The molecule has 1 saturated heterocycles. The SMILES string of the molecule is CC.CN(/C=C\C(=O)NC=O)C1OC(CF)(COCc2ccccc2)CC1=O. The number of ketones is 1. The van der Waals surface area contributed by atoms with Crippen molar-refractivity contribution in [2.45, 2.75) is 38.7 Å². The van der Waals surface area contributed by atoms with E-state index in [-0.39, 0.29) is 31.8 Å². The first-order valence-corrected chi connectivity index (χ1v) is 9.02. The van der Waals surface area contributed by atoms with Crippen LogP contribution in [0.5, 0.6) is 0 Å². The smallest absolute Gasteiger partial charge is 0.251 e. The highest BCUT2D eigenvalue weighted by Gasteiger charge is 2.47. The van der Waals surface area contributed by atoms with Crippen LogP contribution < -0.4 is 5.32 Å². The van der Waals surface area contributed by atoms with Gasteiger partial charge < -0.3 is 14.4 Å². The van der Waals surface area contributed by atoms with Crippen molar-refractivity contribution in [1.82, 2.24) is 10.2 Å². The lowest BCUT2D eigenvalue weighted by Gasteiger charge is -2.27. The van der Waals surface area contributed by atoms with E-state index < -0.39 is 24.4 Å². The largest absolute Gasteiger partial charge is 0.374 e. The number of alkyl halides is 1. The summed E-state index contributed by atoms with van der Waals surface area (Å²) in [5.41, 5.74) is -0.410. The Bertz CT molecular complexity index is 668. The Balaban J connectivity index is 0.00000190. The van der Waals surface area contributed by atoms with Gasteiger partial charge in [-0.1, -0.05) is 44.2 Å². The van der Waals surface area contributed by atoms with E-state index in [1.165, 1.54) is 18.1 Å². The van der Waals surface area contributed by atoms with Gasteiger partial charge in [-0.15, -0.1) is 0 Å². The van der Waals surface area contributed by atoms with E-state index in [4.69, 9.17) is 9.47 Å². The molecule has 2 atom stereocenters. The first kappa shape index (κ1) is 23.5. The fourth-order valence-electron chi connectivity index (χ4n) is 2.56. The zero-order valence-electron chi connectivity index (χ0n) is 16.4. The zero-order chi connectivity index (χ0) is 21.0. The molecule has 2 amide bonds. The Kier molecular flexibility index (Phi) is 10.0. The number of carbonyl (C=O) groups is 3. The van der Waals surface area contributed by atoms with Gasteiger partial charge in [0, 0.05) is 25.7 Å². The van der Waals surface area contributed by atoms with Crippen molar-refractivity contribution in [2.24, 2.45) is 0 Å². The van der Waals surface area contributed by atoms with Crippen molar-refractivity contribution in [2.75, 3.05) is 20.3 Å². The average Bonchev–Trinajstić information content (AvgIpc) is 3.06. The van der Waals surface area contributed by atoms with Crippen molar-refractivity contribution in [3.8, 4) is 0 Å². The first-order chi connectivity index (χ1) is 13.5. The lowest BCUT2D eigenvalue weighted by atomic mass is 10.0. The molecule has 28 heavy (non-hydrogen) atoms. The molecule has 1 aliphatic heterocycles. The molecule has 1 aromatic carbocycles. The van der Waals surface area contributed by atoms with Gasteiger partial charge in [0.25, 0.3) is 5.91 Å². The molecule has 1 heterocycles. The minimum absolute atomic E-state index is 0.0657. The van der Waals surface area contributed by atoms with E-state index in [1.807, 2.05) is 49.5 Å². The summed E-state index contributed by atoms with van der Waals surface area (Å²) in [6, 6.07) is 9.40. The maximum Gasteiger partial charge on any atom is 0.251 e. The predicted octanol–water partition coefficient (Wildman–Crippen LogP) is 1.97. The molecule has 2 unspecified atom stereocenters. The van der Waals surface area contributed by atoms with Gasteiger partial charge in [0.2, 0.25) is 6.41 Å². The second-order valence-electron chi connectivity index (χ2n) is 6.02. The number of amides is 2. The monoisotopic (exact) mass is 394 g/mol. The maximum absolute atomic E-state index is 13.6. The Morgan fingerprint density at radius 1 is 1.39 bits per heavy atom. The lowest BCUT2D eigenvalue weighted by molar-refractivity contribution is -0.144. The van der Waals surface area contributed by atoms with E-state index in [1.54, 1.807) is 0 Å². The highest BCUT2D eigenvalue weighted by Crippen LogP contribution is 2.30. The van der Waals surface area contributed by atoms with Gasteiger partial charge in [0.15, 0.2) is 12.0 Å². The second-order valence-corrected chi connectivity index (χ2v) is 6.02. The molecule has 1 N–H and O–H groups in total. The van der Waals surface area contributed by atoms with Crippen molar-refractivity contribution in [3.63, 3.8) is 0 Å². The maximum atomic E-state index is 13.6. The number of likely N-dealkylation sites (N-methyl/N-ethyl adjacent to an activating group) is 1. The van der Waals surface area contributed by atoms with Gasteiger partial charge in [-0.25, -0.2) is 4.39 Å². The van der Waals surface area contributed by atoms with Gasteiger partial charge >= 0.3 is 0 Å². The van der Waals surface area contributed by atoms with Gasteiger partial charge in [-0.2, -0.15) is 0 Å². The van der Waals surface area contributed by atoms with Crippen molar-refractivity contribution < 1.29 is 28.2 Å². The van der Waals surface area contributed by atoms with E-state index in [0.29, 0.717) is 0 Å². The Hall–Kier alpha value is -2.58. The van der Waals surface area contributed by atoms with Crippen LogP contribution in [-0.4, -0.2) is 55.2 Å². The quantitative estimate of drug-likeness (QED) is 0.509. The average molecular weight is 394 g/mol. The molecule has 154 valence electrons. The highest BCUT2D eigenvalue weighted by atomic mass is 19.1. The van der Waals surface area contributed by atoms with Crippen molar-refractivity contribution >= 4 is 18.1 Å². The van der Waals surface area contributed by atoms with E-state index in [0.717, 1.165) is 11.6 Å². The number of nitrogens with zero attached hydrogens (tertiary/aromatic N) is 1. The van der Waals surface area contributed by atoms with Crippen LogP contribution in [0.25, 0.3) is 0 Å². The summed E-state index contributed by atoms with van der Waals surface area (Å²) >= 11 is 0. The second kappa shape index (κ2) is 12.0. The number of nitrogens with one attached hydrogen (secondary N) is 1. The molecule has 0 spiro atoms. The molecule has 8 heteroatoms.